The van der Waals surface area contributed by atoms with Crippen molar-refractivity contribution in [3.63, 3.8) is 0 Å². The smallest absolute Gasteiger partial charge is 0.119 e. The fourth-order valence-corrected chi connectivity index (χ4v) is 4.74. The summed E-state index contributed by atoms with van der Waals surface area (Å²) in [6.45, 7) is 10.5. The lowest BCUT2D eigenvalue weighted by Gasteiger charge is -2.30. The van der Waals surface area contributed by atoms with Gasteiger partial charge in [-0.3, -0.25) is 0 Å². The van der Waals surface area contributed by atoms with E-state index in [0.29, 0.717) is 13.2 Å². The van der Waals surface area contributed by atoms with Gasteiger partial charge >= 0.3 is 0 Å². The number of hydrogen-bond donors (Lipinski definition) is 0. The van der Waals surface area contributed by atoms with Crippen molar-refractivity contribution in [3.05, 3.63) is 66.2 Å². The fourth-order valence-electron chi connectivity index (χ4n) is 4.74. The zero-order valence-electron chi connectivity index (χ0n) is 20.7. The first-order valence-electron chi connectivity index (χ1n) is 12.9. The second-order valence-corrected chi connectivity index (χ2v) is 9.48. The van der Waals surface area contributed by atoms with E-state index >= 15 is 0 Å². The standard InChI is InChI=1S/C30H42O3/c1-4-32-33-22-8-6-5-7-21-31-30-19-17-29(18-20-30)28-15-11-26(12-16-28)10-14-27-13-9-24(2)23-25(27)3/h11-12,15-20,25,27H,2,4-10,13-14,21-23H2,1,3H3. The molecule has 3 nitrogen and oxygen atoms in total. The van der Waals surface area contributed by atoms with Gasteiger partial charge in [-0.2, -0.15) is 0 Å². The number of unbranched alkanes of at least 4 members (excludes halogenated alkanes) is 3. The third-order valence-corrected chi connectivity index (χ3v) is 6.82. The number of ether oxygens (including phenoxy) is 1. The Hall–Kier alpha value is -2.10. The van der Waals surface area contributed by atoms with E-state index in [1.807, 2.05) is 6.92 Å². The summed E-state index contributed by atoms with van der Waals surface area (Å²) in [5.41, 5.74) is 5.39. The van der Waals surface area contributed by atoms with Crippen LogP contribution in [-0.2, 0) is 16.2 Å². The minimum Gasteiger partial charge on any atom is -0.494 e. The van der Waals surface area contributed by atoms with E-state index in [2.05, 4.69) is 62.0 Å². The molecule has 0 saturated heterocycles. The van der Waals surface area contributed by atoms with Crippen molar-refractivity contribution in [2.45, 2.75) is 71.6 Å². The number of allylic oxidation sites excluding steroid dienone is 1. The molecule has 0 N–H and O–H groups in total. The average molecular weight is 451 g/mol. The van der Waals surface area contributed by atoms with Crippen LogP contribution in [0.3, 0.4) is 0 Å². The second kappa shape index (κ2) is 14.2. The van der Waals surface area contributed by atoms with Crippen LogP contribution in [0.1, 0.15) is 70.8 Å². The Morgan fingerprint density at radius 2 is 1.52 bits per heavy atom. The summed E-state index contributed by atoms with van der Waals surface area (Å²) < 4.78 is 5.90. The summed E-state index contributed by atoms with van der Waals surface area (Å²) in [6, 6.07) is 17.6. The molecule has 0 spiro atoms. The topological polar surface area (TPSA) is 27.7 Å². The van der Waals surface area contributed by atoms with Gasteiger partial charge in [-0.15, -0.1) is 0 Å². The van der Waals surface area contributed by atoms with Crippen molar-refractivity contribution in [3.8, 4) is 16.9 Å². The van der Waals surface area contributed by atoms with Gasteiger partial charge in [0.05, 0.1) is 19.8 Å². The molecular weight excluding hydrogens is 408 g/mol. The van der Waals surface area contributed by atoms with Crippen molar-refractivity contribution in [1.82, 2.24) is 0 Å². The van der Waals surface area contributed by atoms with Crippen molar-refractivity contribution in [2.75, 3.05) is 19.8 Å². The molecule has 0 radical (unpaired) electrons. The molecule has 0 bridgehead atoms. The SMILES string of the molecule is C=C1CCC(CCc2ccc(-c3ccc(OCCCCCCOOCC)cc3)cc2)C(C)C1. The number of benzene rings is 2. The third kappa shape index (κ3) is 8.98. The van der Waals surface area contributed by atoms with Crippen LogP contribution in [0.5, 0.6) is 5.75 Å². The summed E-state index contributed by atoms with van der Waals surface area (Å²) in [4.78, 5) is 9.90. The van der Waals surface area contributed by atoms with Crippen LogP contribution in [0.25, 0.3) is 11.1 Å². The van der Waals surface area contributed by atoms with Crippen molar-refractivity contribution in [1.29, 1.82) is 0 Å². The van der Waals surface area contributed by atoms with Crippen molar-refractivity contribution >= 4 is 0 Å². The first-order valence-corrected chi connectivity index (χ1v) is 12.9. The molecular formula is C30H42O3. The molecule has 1 saturated carbocycles. The fraction of sp³-hybridized carbons (Fsp3) is 0.533. The van der Waals surface area contributed by atoms with Gasteiger partial charge in [0.2, 0.25) is 0 Å². The van der Waals surface area contributed by atoms with E-state index in [0.717, 1.165) is 49.9 Å². The minimum absolute atomic E-state index is 0.606. The Balaban J connectivity index is 1.36. The van der Waals surface area contributed by atoms with Gasteiger partial charge in [-0.25, -0.2) is 9.78 Å². The molecule has 1 aliphatic rings. The molecule has 33 heavy (non-hydrogen) atoms. The first-order chi connectivity index (χ1) is 16.2. The molecule has 0 amide bonds. The maximum Gasteiger partial charge on any atom is 0.119 e. The Morgan fingerprint density at radius 1 is 0.848 bits per heavy atom. The van der Waals surface area contributed by atoms with Gasteiger partial charge in [0, 0.05) is 0 Å². The second-order valence-electron chi connectivity index (χ2n) is 9.48. The monoisotopic (exact) mass is 450 g/mol. The summed E-state index contributed by atoms with van der Waals surface area (Å²) >= 11 is 0. The molecule has 2 aromatic rings. The molecule has 0 aliphatic heterocycles. The maximum absolute atomic E-state index is 5.90. The summed E-state index contributed by atoms with van der Waals surface area (Å²) in [6.07, 6.45) is 10.6. The van der Waals surface area contributed by atoms with Crippen LogP contribution < -0.4 is 4.74 Å². The predicted octanol–water partition coefficient (Wildman–Crippen LogP) is 8.19. The van der Waals surface area contributed by atoms with Gasteiger partial charge in [-0.05, 0) is 98.9 Å². The highest BCUT2D eigenvalue weighted by atomic mass is 17.2. The van der Waals surface area contributed by atoms with E-state index in [1.54, 1.807) is 0 Å². The van der Waals surface area contributed by atoms with E-state index < -0.39 is 0 Å². The van der Waals surface area contributed by atoms with E-state index in [-0.39, 0.29) is 0 Å². The van der Waals surface area contributed by atoms with Crippen molar-refractivity contribution < 1.29 is 14.5 Å². The molecule has 0 heterocycles. The predicted molar refractivity (Wildman–Crippen MR) is 137 cm³/mol. The normalized spacial score (nSPS) is 18.4. The quantitative estimate of drug-likeness (QED) is 0.126. The van der Waals surface area contributed by atoms with Gasteiger partial charge in [-0.1, -0.05) is 61.9 Å². The Bertz CT molecular complexity index is 809. The highest BCUT2D eigenvalue weighted by molar-refractivity contribution is 5.64. The van der Waals surface area contributed by atoms with Crippen LogP contribution in [0.4, 0.5) is 0 Å². The molecule has 3 heteroatoms. The zero-order chi connectivity index (χ0) is 23.3. The molecule has 0 aromatic heterocycles. The molecule has 1 fully saturated rings. The Labute approximate surface area is 201 Å². The lowest BCUT2D eigenvalue weighted by Crippen LogP contribution is -2.18. The number of rotatable bonds is 14. The maximum atomic E-state index is 5.90. The lowest BCUT2D eigenvalue weighted by atomic mass is 9.76. The third-order valence-electron chi connectivity index (χ3n) is 6.82. The average Bonchev–Trinajstić information content (AvgIpc) is 2.83. The molecule has 2 aromatic carbocycles. The molecule has 3 rings (SSSR count). The lowest BCUT2D eigenvalue weighted by molar-refractivity contribution is -0.291. The molecule has 2 atom stereocenters. The van der Waals surface area contributed by atoms with Crippen LogP contribution in [0.2, 0.25) is 0 Å². The van der Waals surface area contributed by atoms with Crippen LogP contribution in [0.15, 0.2) is 60.7 Å². The highest BCUT2D eigenvalue weighted by Gasteiger charge is 2.22. The van der Waals surface area contributed by atoms with Crippen LogP contribution in [-0.4, -0.2) is 19.8 Å². The summed E-state index contributed by atoms with van der Waals surface area (Å²) in [7, 11) is 0. The van der Waals surface area contributed by atoms with Gasteiger partial charge in [0.1, 0.15) is 5.75 Å². The summed E-state index contributed by atoms with van der Waals surface area (Å²) in [5.74, 6) is 2.57. The van der Waals surface area contributed by atoms with E-state index in [4.69, 9.17) is 14.5 Å². The number of hydrogen-bond acceptors (Lipinski definition) is 3. The summed E-state index contributed by atoms with van der Waals surface area (Å²) in [5, 5.41) is 0. The highest BCUT2D eigenvalue weighted by Crippen LogP contribution is 2.35. The largest absolute Gasteiger partial charge is 0.494 e. The van der Waals surface area contributed by atoms with Gasteiger partial charge < -0.3 is 4.74 Å². The van der Waals surface area contributed by atoms with Gasteiger partial charge in [0.15, 0.2) is 0 Å². The molecule has 2 unspecified atom stereocenters. The Kier molecular flexibility index (Phi) is 11.0. The zero-order valence-corrected chi connectivity index (χ0v) is 20.7. The van der Waals surface area contributed by atoms with Crippen molar-refractivity contribution in [2.24, 2.45) is 11.8 Å². The first kappa shape index (κ1) is 25.5. The minimum atomic E-state index is 0.606. The molecule has 180 valence electrons. The van der Waals surface area contributed by atoms with Crippen LogP contribution >= 0.6 is 0 Å². The Morgan fingerprint density at radius 3 is 2.18 bits per heavy atom. The van der Waals surface area contributed by atoms with E-state index in [1.165, 1.54) is 54.4 Å². The molecule has 1 aliphatic carbocycles. The van der Waals surface area contributed by atoms with Gasteiger partial charge in [0.25, 0.3) is 0 Å². The van der Waals surface area contributed by atoms with E-state index in [9.17, 15) is 0 Å². The van der Waals surface area contributed by atoms with Crippen LogP contribution in [0, 0.1) is 11.8 Å². The number of aryl methyl sites for hydroxylation is 1.